The number of benzene rings is 2. The number of nitrogens with zero attached hydrogens (tertiary/aromatic N) is 2. The van der Waals surface area contributed by atoms with Gasteiger partial charge in [0, 0.05) is 21.6 Å². The third-order valence-corrected chi connectivity index (χ3v) is 8.41. The Morgan fingerprint density at radius 3 is 2.62 bits per heavy atom. The lowest BCUT2D eigenvalue weighted by molar-refractivity contribution is -0.137. The normalized spacial score (nSPS) is 21.7. The van der Waals surface area contributed by atoms with E-state index in [9.17, 15) is 26.4 Å². The quantitative estimate of drug-likeness (QED) is 0.680. The summed E-state index contributed by atoms with van der Waals surface area (Å²) in [5.74, 6) is -0.597. The molecule has 2 aliphatic heterocycles. The summed E-state index contributed by atoms with van der Waals surface area (Å²) in [6.07, 6.45) is -4.53. The highest BCUT2D eigenvalue weighted by molar-refractivity contribution is 8.15. The van der Waals surface area contributed by atoms with Crippen molar-refractivity contribution in [2.75, 3.05) is 28.3 Å². The fourth-order valence-corrected chi connectivity index (χ4v) is 7.47. The second kappa shape index (κ2) is 8.60. The number of nitrogens with one attached hydrogen (secondary N) is 1. The molecule has 0 spiro atoms. The smallest absolute Gasteiger partial charge is 0.325 e. The number of amides is 1. The number of sulfone groups is 1. The number of hydrogen-bond donors (Lipinski definition) is 1. The second-order valence-corrected chi connectivity index (χ2v) is 11.2. The van der Waals surface area contributed by atoms with Crippen molar-refractivity contribution in [2.45, 2.75) is 17.5 Å². The van der Waals surface area contributed by atoms with Crippen LogP contribution in [0.25, 0.3) is 0 Å². The van der Waals surface area contributed by atoms with Crippen LogP contribution in [0, 0.1) is 0 Å². The van der Waals surface area contributed by atoms with Gasteiger partial charge in [0.25, 0.3) is 0 Å². The Hall–Kier alpha value is -2.24. The van der Waals surface area contributed by atoms with Crippen LogP contribution in [0.3, 0.4) is 0 Å². The molecule has 170 valence electrons. The molecule has 0 unspecified atom stereocenters. The molecule has 1 N–H and O–H groups in total. The third kappa shape index (κ3) is 5.21. The molecule has 0 aromatic heterocycles. The summed E-state index contributed by atoms with van der Waals surface area (Å²) in [4.78, 5) is 18.8. The first-order chi connectivity index (χ1) is 15.0. The molecule has 12 heteroatoms. The molecule has 0 radical (unpaired) electrons. The molecule has 0 aliphatic carbocycles. The van der Waals surface area contributed by atoms with E-state index < -0.39 is 33.5 Å². The Morgan fingerprint density at radius 1 is 1.19 bits per heavy atom. The van der Waals surface area contributed by atoms with Gasteiger partial charge in [-0.3, -0.25) is 9.79 Å². The summed E-state index contributed by atoms with van der Waals surface area (Å²) < 4.78 is 62.6. The largest absolute Gasteiger partial charge is 0.416 e. The summed E-state index contributed by atoms with van der Waals surface area (Å²) in [6, 6.07) is 10.7. The van der Waals surface area contributed by atoms with Gasteiger partial charge in [-0.1, -0.05) is 35.5 Å². The highest BCUT2D eigenvalue weighted by atomic mass is 35.5. The van der Waals surface area contributed by atoms with Crippen LogP contribution >= 0.6 is 23.4 Å². The monoisotopic (exact) mass is 503 g/mol. The summed E-state index contributed by atoms with van der Waals surface area (Å²) >= 11 is 7.37. The number of anilines is 2. The molecule has 2 heterocycles. The van der Waals surface area contributed by atoms with Crippen molar-refractivity contribution in [3.05, 3.63) is 59.1 Å². The van der Waals surface area contributed by atoms with Crippen LogP contribution < -0.4 is 10.2 Å². The van der Waals surface area contributed by atoms with Crippen molar-refractivity contribution in [3.63, 3.8) is 0 Å². The van der Waals surface area contributed by atoms with E-state index in [1.807, 2.05) is 0 Å². The van der Waals surface area contributed by atoms with E-state index >= 15 is 0 Å². The number of aliphatic imine (C=N–C) groups is 1. The molecular weight excluding hydrogens is 487 g/mol. The SMILES string of the molecule is O=C(CN(C1=N[C@@H]2CS(=O)(=O)C[C@@H]2S1)c1cccc(Cl)c1)Nc1cccc(C(F)(F)F)c1. The molecular formula is C20H17ClF3N3O3S2. The van der Waals surface area contributed by atoms with Gasteiger partial charge < -0.3 is 10.2 Å². The number of halogens is 4. The summed E-state index contributed by atoms with van der Waals surface area (Å²) in [5, 5.41) is 3.15. The Labute approximate surface area is 191 Å². The van der Waals surface area contributed by atoms with Crippen molar-refractivity contribution in [3.8, 4) is 0 Å². The molecule has 32 heavy (non-hydrogen) atoms. The van der Waals surface area contributed by atoms with E-state index in [0.717, 1.165) is 12.1 Å². The second-order valence-electron chi connectivity index (χ2n) is 7.40. The zero-order valence-electron chi connectivity index (χ0n) is 16.3. The van der Waals surface area contributed by atoms with E-state index in [1.54, 1.807) is 29.2 Å². The number of alkyl halides is 3. The zero-order chi connectivity index (χ0) is 23.1. The summed E-state index contributed by atoms with van der Waals surface area (Å²) in [5.41, 5.74) is -0.294. The zero-order valence-corrected chi connectivity index (χ0v) is 18.7. The van der Waals surface area contributed by atoms with Gasteiger partial charge in [-0.2, -0.15) is 13.2 Å². The first kappa shape index (κ1) is 22.9. The Kier molecular flexibility index (Phi) is 6.17. The lowest BCUT2D eigenvalue weighted by Gasteiger charge is -2.24. The van der Waals surface area contributed by atoms with E-state index in [2.05, 4.69) is 10.3 Å². The predicted molar refractivity (Wildman–Crippen MR) is 120 cm³/mol. The highest BCUT2D eigenvalue weighted by Crippen LogP contribution is 2.37. The highest BCUT2D eigenvalue weighted by Gasteiger charge is 2.44. The van der Waals surface area contributed by atoms with Crippen molar-refractivity contribution >= 4 is 55.6 Å². The fraction of sp³-hybridized carbons (Fsp3) is 0.300. The molecule has 1 saturated heterocycles. The maximum absolute atomic E-state index is 13.0. The average molecular weight is 504 g/mol. The van der Waals surface area contributed by atoms with E-state index in [1.165, 1.54) is 23.9 Å². The Morgan fingerprint density at radius 2 is 1.94 bits per heavy atom. The first-order valence-corrected chi connectivity index (χ1v) is 12.5. The lowest BCUT2D eigenvalue weighted by atomic mass is 10.2. The summed E-state index contributed by atoms with van der Waals surface area (Å²) in [7, 11) is -3.14. The number of thioether (sulfide) groups is 1. The molecule has 0 saturated carbocycles. The molecule has 2 aromatic rings. The molecule has 6 nitrogen and oxygen atoms in total. The van der Waals surface area contributed by atoms with Crippen LogP contribution in [0.5, 0.6) is 0 Å². The fourth-order valence-electron chi connectivity index (χ4n) is 3.50. The minimum absolute atomic E-state index is 0.00908. The van der Waals surface area contributed by atoms with Gasteiger partial charge in [0.2, 0.25) is 5.91 Å². The van der Waals surface area contributed by atoms with E-state index in [0.29, 0.717) is 15.9 Å². The first-order valence-electron chi connectivity index (χ1n) is 9.45. The molecule has 4 rings (SSSR count). The number of hydrogen-bond acceptors (Lipinski definition) is 6. The van der Waals surface area contributed by atoms with Crippen LogP contribution in [0.4, 0.5) is 24.5 Å². The minimum Gasteiger partial charge on any atom is -0.325 e. The topological polar surface area (TPSA) is 78.8 Å². The van der Waals surface area contributed by atoms with Gasteiger partial charge in [0.05, 0.1) is 23.1 Å². The van der Waals surface area contributed by atoms with Gasteiger partial charge in [-0.25, -0.2) is 8.42 Å². The number of rotatable bonds is 4. The number of carbonyl (C=O) groups is 1. The van der Waals surface area contributed by atoms with Crippen LogP contribution in [0.1, 0.15) is 5.56 Å². The van der Waals surface area contributed by atoms with Crippen LogP contribution in [-0.4, -0.2) is 48.8 Å². The molecule has 2 aliphatic rings. The van der Waals surface area contributed by atoms with Crippen molar-refractivity contribution in [2.24, 2.45) is 4.99 Å². The van der Waals surface area contributed by atoms with Gasteiger partial charge in [-0.05, 0) is 36.4 Å². The van der Waals surface area contributed by atoms with Crippen molar-refractivity contribution < 1.29 is 26.4 Å². The molecule has 2 aromatic carbocycles. The summed E-state index contributed by atoms with van der Waals surface area (Å²) in [6.45, 7) is -0.241. The van der Waals surface area contributed by atoms with E-state index in [-0.39, 0.29) is 29.0 Å². The maximum atomic E-state index is 13.0. The third-order valence-electron chi connectivity index (χ3n) is 4.93. The van der Waals surface area contributed by atoms with E-state index in [4.69, 9.17) is 11.6 Å². The predicted octanol–water partition coefficient (Wildman–Crippen LogP) is 4.07. The average Bonchev–Trinajstić information content (AvgIpc) is 3.19. The van der Waals surface area contributed by atoms with Gasteiger partial charge in [0.1, 0.15) is 6.54 Å². The molecule has 1 fully saturated rings. The van der Waals surface area contributed by atoms with Crippen LogP contribution in [0.15, 0.2) is 53.5 Å². The van der Waals surface area contributed by atoms with Gasteiger partial charge in [-0.15, -0.1) is 0 Å². The number of carbonyl (C=O) groups excluding carboxylic acids is 1. The molecule has 2 atom stereocenters. The van der Waals surface area contributed by atoms with Gasteiger partial charge in [0.15, 0.2) is 15.0 Å². The number of fused-ring (bicyclic) bond motifs is 1. The Balaban J connectivity index is 1.56. The van der Waals surface area contributed by atoms with Gasteiger partial charge >= 0.3 is 6.18 Å². The lowest BCUT2D eigenvalue weighted by Crippen LogP contribution is -2.36. The maximum Gasteiger partial charge on any atom is 0.416 e. The molecule has 1 amide bonds. The van der Waals surface area contributed by atoms with Crippen molar-refractivity contribution in [1.82, 2.24) is 0 Å². The Bertz CT molecular complexity index is 1190. The minimum atomic E-state index is -4.53. The molecule has 0 bridgehead atoms. The van der Waals surface area contributed by atoms with Crippen LogP contribution in [-0.2, 0) is 20.8 Å². The van der Waals surface area contributed by atoms with Crippen molar-refractivity contribution in [1.29, 1.82) is 0 Å². The standard InChI is InChI=1S/C20H17ClF3N3O3S2/c21-13-4-2-6-15(8-13)27(19-26-16-10-32(29,30)11-17(16)31-19)9-18(28)25-14-5-1-3-12(7-14)20(22,23)24/h1-8,16-17H,9-11H2,(H,25,28)/t16-,17+/m1/s1. The number of amidine groups is 1. The van der Waals surface area contributed by atoms with Crippen LogP contribution in [0.2, 0.25) is 5.02 Å².